The van der Waals surface area contributed by atoms with Gasteiger partial charge in [0.2, 0.25) is 5.91 Å². The molecule has 0 radical (unpaired) electrons. The number of carbonyl (C=O) groups is 1. The SMILES string of the molecule is CC1NCCc2c1sc(NC(=O)CCN)c2-c1nc2cnccc2s1. The molecule has 0 spiro atoms. The molecule has 1 aliphatic rings. The Bertz CT molecular complexity index is 899. The Kier molecular flexibility index (Phi) is 4.51. The highest BCUT2D eigenvalue weighted by Crippen LogP contribution is 2.46. The van der Waals surface area contributed by atoms with Gasteiger partial charge in [-0.3, -0.25) is 9.78 Å². The third-order valence-electron chi connectivity index (χ3n) is 4.29. The fourth-order valence-corrected chi connectivity index (χ4v) is 5.48. The van der Waals surface area contributed by atoms with E-state index in [9.17, 15) is 4.79 Å². The van der Waals surface area contributed by atoms with Crippen LogP contribution in [0.4, 0.5) is 5.00 Å². The molecule has 0 bridgehead atoms. The van der Waals surface area contributed by atoms with E-state index >= 15 is 0 Å². The van der Waals surface area contributed by atoms with E-state index < -0.39 is 0 Å². The van der Waals surface area contributed by atoms with Crippen molar-refractivity contribution in [2.75, 3.05) is 18.4 Å². The van der Waals surface area contributed by atoms with Crippen molar-refractivity contribution in [3.63, 3.8) is 0 Å². The molecule has 0 saturated carbocycles. The highest BCUT2D eigenvalue weighted by Gasteiger charge is 2.28. The van der Waals surface area contributed by atoms with Crippen molar-refractivity contribution in [1.29, 1.82) is 0 Å². The maximum absolute atomic E-state index is 12.1. The first-order valence-electron chi connectivity index (χ1n) is 8.27. The lowest BCUT2D eigenvalue weighted by molar-refractivity contribution is -0.116. The third kappa shape index (κ3) is 3.06. The Balaban J connectivity index is 1.84. The van der Waals surface area contributed by atoms with Gasteiger partial charge in [-0.2, -0.15) is 0 Å². The van der Waals surface area contributed by atoms with E-state index in [0.717, 1.165) is 38.8 Å². The number of aromatic nitrogens is 2. The van der Waals surface area contributed by atoms with E-state index in [1.165, 1.54) is 10.4 Å². The molecule has 130 valence electrons. The van der Waals surface area contributed by atoms with Gasteiger partial charge in [0.05, 0.1) is 10.9 Å². The number of thiazole rings is 1. The normalized spacial score (nSPS) is 16.8. The van der Waals surface area contributed by atoms with Crippen molar-refractivity contribution >= 4 is 43.8 Å². The molecule has 3 aromatic rings. The summed E-state index contributed by atoms with van der Waals surface area (Å²) < 4.78 is 1.10. The Labute approximate surface area is 153 Å². The van der Waals surface area contributed by atoms with Crippen molar-refractivity contribution in [3.05, 3.63) is 28.9 Å². The Morgan fingerprint density at radius 2 is 2.36 bits per heavy atom. The minimum Gasteiger partial charge on any atom is -0.330 e. The summed E-state index contributed by atoms with van der Waals surface area (Å²) in [6.45, 7) is 3.43. The van der Waals surface area contributed by atoms with Crippen LogP contribution in [0.2, 0.25) is 0 Å². The van der Waals surface area contributed by atoms with Gasteiger partial charge in [0.15, 0.2) is 0 Å². The van der Waals surface area contributed by atoms with Gasteiger partial charge in [-0.25, -0.2) is 4.98 Å². The average Bonchev–Trinajstić information content (AvgIpc) is 3.16. The van der Waals surface area contributed by atoms with Crippen LogP contribution in [0.15, 0.2) is 18.5 Å². The van der Waals surface area contributed by atoms with Gasteiger partial charge in [0, 0.05) is 35.6 Å². The summed E-state index contributed by atoms with van der Waals surface area (Å²) >= 11 is 3.29. The van der Waals surface area contributed by atoms with Crippen molar-refractivity contribution in [1.82, 2.24) is 15.3 Å². The average molecular weight is 374 g/mol. The molecule has 3 aromatic heterocycles. The molecular formula is C17H19N5OS2. The molecule has 0 aromatic carbocycles. The van der Waals surface area contributed by atoms with Crippen molar-refractivity contribution < 1.29 is 4.79 Å². The quantitative estimate of drug-likeness (QED) is 0.654. The number of thiophene rings is 1. The number of rotatable bonds is 4. The summed E-state index contributed by atoms with van der Waals surface area (Å²) in [5.74, 6) is -0.0502. The molecule has 0 aliphatic carbocycles. The van der Waals surface area contributed by atoms with E-state index in [0.29, 0.717) is 13.0 Å². The molecule has 1 atom stereocenters. The predicted molar refractivity (Wildman–Crippen MR) is 103 cm³/mol. The first-order valence-corrected chi connectivity index (χ1v) is 9.90. The van der Waals surface area contributed by atoms with E-state index in [4.69, 9.17) is 10.7 Å². The number of carbonyl (C=O) groups excluding carboxylic acids is 1. The van der Waals surface area contributed by atoms with Crippen LogP contribution in [0.5, 0.6) is 0 Å². The Morgan fingerprint density at radius 3 is 3.16 bits per heavy atom. The topological polar surface area (TPSA) is 92.9 Å². The first-order chi connectivity index (χ1) is 12.2. The summed E-state index contributed by atoms with van der Waals surface area (Å²) in [5, 5.41) is 8.36. The number of amides is 1. The Hall–Kier alpha value is -1.87. The molecule has 6 nitrogen and oxygen atoms in total. The zero-order chi connectivity index (χ0) is 17.4. The lowest BCUT2D eigenvalue weighted by Gasteiger charge is -2.20. The molecule has 25 heavy (non-hydrogen) atoms. The molecule has 4 heterocycles. The van der Waals surface area contributed by atoms with E-state index in [2.05, 4.69) is 22.5 Å². The van der Waals surface area contributed by atoms with E-state index in [1.54, 1.807) is 35.1 Å². The zero-order valence-electron chi connectivity index (χ0n) is 13.8. The van der Waals surface area contributed by atoms with Crippen LogP contribution in [0.3, 0.4) is 0 Å². The smallest absolute Gasteiger partial charge is 0.226 e. The lowest BCUT2D eigenvalue weighted by Crippen LogP contribution is -2.26. The summed E-state index contributed by atoms with van der Waals surface area (Å²) in [5.41, 5.74) is 8.78. The van der Waals surface area contributed by atoms with Crippen LogP contribution in [-0.4, -0.2) is 29.0 Å². The number of nitrogens with one attached hydrogen (secondary N) is 2. The maximum Gasteiger partial charge on any atom is 0.226 e. The van der Waals surface area contributed by atoms with Gasteiger partial charge in [-0.05, 0) is 31.5 Å². The third-order valence-corrected chi connectivity index (χ3v) is 6.67. The molecule has 1 unspecified atom stereocenters. The standard InChI is InChI=1S/C17H19N5OS2/c1-9-15-10(3-7-20-9)14(17(25-15)22-13(23)2-5-18)16-21-11-8-19-6-4-12(11)24-16/h4,6,8-9,20H,2-3,5,7,18H2,1H3,(H,22,23). The Morgan fingerprint density at radius 1 is 1.48 bits per heavy atom. The molecule has 0 saturated heterocycles. The molecule has 4 N–H and O–H groups in total. The van der Waals surface area contributed by atoms with Gasteiger partial charge in [-0.1, -0.05) is 0 Å². The van der Waals surface area contributed by atoms with Crippen LogP contribution in [-0.2, 0) is 11.2 Å². The van der Waals surface area contributed by atoms with Crippen LogP contribution in [0.25, 0.3) is 20.8 Å². The van der Waals surface area contributed by atoms with Crippen molar-refractivity contribution in [2.45, 2.75) is 25.8 Å². The number of nitrogens with two attached hydrogens (primary N) is 1. The number of fused-ring (bicyclic) bond motifs is 2. The highest BCUT2D eigenvalue weighted by atomic mass is 32.1. The van der Waals surface area contributed by atoms with Crippen LogP contribution >= 0.6 is 22.7 Å². The number of pyridine rings is 1. The van der Waals surface area contributed by atoms with Crippen LogP contribution in [0, 0.1) is 0 Å². The first kappa shape index (κ1) is 16.6. The molecule has 4 rings (SSSR count). The number of hydrogen-bond donors (Lipinski definition) is 3. The van der Waals surface area contributed by atoms with Crippen molar-refractivity contribution in [2.24, 2.45) is 5.73 Å². The summed E-state index contributed by atoms with van der Waals surface area (Å²) in [7, 11) is 0. The van der Waals surface area contributed by atoms with Gasteiger partial charge in [-0.15, -0.1) is 22.7 Å². The zero-order valence-corrected chi connectivity index (χ0v) is 15.5. The molecule has 1 amide bonds. The van der Waals surface area contributed by atoms with Gasteiger partial charge in [0.1, 0.15) is 15.5 Å². The molecule has 1 aliphatic heterocycles. The molecular weight excluding hydrogens is 354 g/mol. The second kappa shape index (κ2) is 6.80. The number of anilines is 1. The van der Waals surface area contributed by atoms with Crippen molar-refractivity contribution in [3.8, 4) is 10.6 Å². The monoisotopic (exact) mass is 373 g/mol. The van der Waals surface area contributed by atoms with Crippen LogP contribution < -0.4 is 16.4 Å². The highest BCUT2D eigenvalue weighted by molar-refractivity contribution is 7.23. The van der Waals surface area contributed by atoms with Gasteiger partial charge in [0.25, 0.3) is 0 Å². The largest absolute Gasteiger partial charge is 0.330 e. The number of hydrogen-bond acceptors (Lipinski definition) is 7. The molecule has 8 heteroatoms. The lowest BCUT2D eigenvalue weighted by atomic mass is 10.0. The fraction of sp³-hybridized carbons (Fsp3) is 0.353. The van der Waals surface area contributed by atoms with E-state index in [1.807, 2.05) is 6.07 Å². The second-order valence-electron chi connectivity index (χ2n) is 6.02. The summed E-state index contributed by atoms with van der Waals surface area (Å²) in [6, 6.07) is 2.26. The number of nitrogens with zero attached hydrogens (tertiary/aromatic N) is 2. The fourth-order valence-electron chi connectivity index (χ4n) is 3.11. The second-order valence-corrected chi connectivity index (χ2v) is 8.11. The summed E-state index contributed by atoms with van der Waals surface area (Å²) in [6.07, 6.45) is 4.82. The van der Waals surface area contributed by atoms with Crippen LogP contribution in [0.1, 0.15) is 29.8 Å². The minimum absolute atomic E-state index is 0.0502. The van der Waals surface area contributed by atoms with Gasteiger partial charge < -0.3 is 16.4 Å². The minimum atomic E-state index is -0.0502. The predicted octanol–water partition coefficient (Wildman–Crippen LogP) is 2.91. The molecule has 0 fully saturated rings. The maximum atomic E-state index is 12.1. The summed E-state index contributed by atoms with van der Waals surface area (Å²) in [4.78, 5) is 22.3. The van der Waals surface area contributed by atoms with Gasteiger partial charge >= 0.3 is 0 Å². The van der Waals surface area contributed by atoms with E-state index in [-0.39, 0.29) is 11.9 Å².